The molecule has 1 aliphatic heterocycles. The number of carbonyl (C=O) groups is 1. The average molecular weight is 477 g/mol. The normalized spacial score (nSPS) is 15.7. The zero-order chi connectivity index (χ0) is 24.2. The first-order chi connectivity index (χ1) is 16.9. The molecule has 0 bridgehead atoms. The van der Waals surface area contributed by atoms with Crippen LogP contribution in [0.3, 0.4) is 0 Å². The van der Waals surface area contributed by atoms with E-state index in [2.05, 4.69) is 46.9 Å². The van der Waals surface area contributed by atoms with Gasteiger partial charge in [0.25, 0.3) is 0 Å². The number of fused-ring (bicyclic) bond motifs is 3. The monoisotopic (exact) mass is 476 g/mol. The number of nitrogens with one attached hydrogen (secondary N) is 1. The number of carbonyl (C=O) groups excluding carboxylic acids is 1. The number of ketones is 1. The molecule has 0 aliphatic carbocycles. The number of allylic oxidation sites excluding steroid dienone is 2. The lowest BCUT2D eigenvalue weighted by molar-refractivity contribution is 0.104. The van der Waals surface area contributed by atoms with Gasteiger partial charge >= 0.3 is 0 Å². The number of imidazole rings is 1. The molecule has 5 aromatic rings. The van der Waals surface area contributed by atoms with Gasteiger partial charge in [-0.25, -0.2) is 9.97 Å². The summed E-state index contributed by atoms with van der Waals surface area (Å²) >= 11 is 1.43. The number of anilines is 1. The van der Waals surface area contributed by atoms with Gasteiger partial charge in [-0.3, -0.25) is 4.79 Å². The molecule has 1 N–H and O–H groups in total. The highest BCUT2D eigenvalue weighted by atomic mass is 32.2. The Bertz CT molecular complexity index is 1620. The van der Waals surface area contributed by atoms with Crippen molar-refractivity contribution in [1.82, 2.24) is 15.0 Å². The molecular weight excluding hydrogens is 452 g/mol. The molecule has 0 atom stereocenters. The summed E-state index contributed by atoms with van der Waals surface area (Å²) in [5, 5.41) is 2.32. The molecule has 6 rings (SSSR count). The molecule has 35 heavy (non-hydrogen) atoms. The Morgan fingerprint density at radius 1 is 0.943 bits per heavy atom. The number of H-pyrrole nitrogens is 1. The summed E-state index contributed by atoms with van der Waals surface area (Å²) in [5.74, 6) is -0.0298. The molecule has 0 fully saturated rings. The number of nitrogens with zero attached hydrogens (tertiary/aromatic N) is 3. The second-order valence-electron chi connectivity index (χ2n) is 9.28. The van der Waals surface area contributed by atoms with Gasteiger partial charge in [-0.05, 0) is 47.7 Å². The lowest BCUT2D eigenvalue weighted by atomic mass is 9.83. The van der Waals surface area contributed by atoms with Crippen molar-refractivity contribution in [2.75, 3.05) is 11.9 Å². The zero-order valence-electron chi connectivity index (χ0n) is 19.7. The van der Waals surface area contributed by atoms with E-state index in [9.17, 15) is 4.79 Å². The molecule has 3 aromatic carbocycles. The van der Waals surface area contributed by atoms with Crippen LogP contribution in [0.5, 0.6) is 0 Å². The Hall–Kier alpha value is -3.90. The minimum absolute atomic E-state index is 0.0298. The molecule has 1 aliphatic rings. The Balaban J connectivity index is 1.42. The molecule has 6 heteroatoms. The zero-order valence-corrected chi connectivity index (χ0v) is 20.6. The highest BCUT2D eigenvalue weighted by Gasteiger charge is 2.38. The van der Waals surface area contributed by atoms with Gasteiger partial charge in [0.2, 0.25) is 0 Å². The van der Waals surface area contributed by atoms with Gasteiger partial charge in [0.1, 0.15) is 5.03 Å². The first kappa shape index (κ1) is 21.6. The van der Waals surface area contributed by atoms with Crippen LogP contribution in [0.25, 0.3) is 21.9 Å². The number of para-hydroxylation sites is 4. The number of pyridine rings is 1. The first-order valence-corrected chi connectivity index (χ1v) is 12.4. The third kappa shape index (κ3) is 3.61. The Kier molecular flexibility index (Phi) is 5.00. The van der Waals surface area contributed by atoms with Crippen LogP contribution in [0.15, 0.2) is 101 Å². The van der Waals surface area contributed by atoms with Gasteiger partial charge in [-0.2, -0.15) is 0 Å². The second kappa shape index (κ2) is 8.10. The fourth-order valence-corrected chi connectivity index (χ4v) is 5.77. The van der Waals surface area contributed by atoms with Crippen molar-refractivity contribution in [2.45, 2.75) is 29.4 Å². The summed E-state index contributed by atoms with van der Waals surface area (Å²) < 4.78 is 0. The van der Waals surface area contributed by atoms with Crippen molar-refractivity contribution < 1.29 is 4.79 Å². The Morgan fingerprint density at radius 3 is 2.46 bits per heavy atom. The smallest absolute Gasteiger partial charge is 0.188 e. The predicted octanol–water partition coefficient (Wildman–Crippen LogP) is 6.76. The van der Waals surface area contributed by atoms with Crippen molar-refractivity contribution in [3.05, 3.63) is 102 Å². The van der Waals surface area contributed by atoms with E-state index in [1.807, 2.05) is 67.7 Å². The summed E-state index contributed by atoms with van der Waals surface area (Å²) in [4.78, 5) is 28.7. The van der Waals surface area contributed by atoms with E-state index in [4.69, 9.17) is 4.98 Å². The molecule has 0 saturated carbocycles. The molecule has 0 radical (unpaired) electrons. The van der Waals surface area contributed by atoms with E-state index in [1.165, 1.54) is 17.3 Å². The molecule has 0 spiro atoms. The molecule has 3 heterocycles. The highest BCUT2D eigenvalue weighted by molar-refractivity contribution is 7.99. The van der Waals surface area contributed by atoms with Gasteiger partial charge in [-0.1, -0.05) is 62.4 Å². The van der Waals surface area contributed by atoms with Gasteiger partial charge in [0.05, 0.1) is 16.6 Å². The largest absolute Gasteiger partial charge is 0.347 e. The fourth-order valence-electron chi connectivity index (χ4n) is 4.94. The Labute approximate surface area is 207 Å². The van der Waals surface area contributed by atoms with Crippen LogP contribution in [0.2, 0.25) is 0 Å². The van der Waals surface area contributed by atoms with E-state index in [1.54, 1.807) is 6.08 Å². The maximum Gasteiger partial charge on any atom is 0.188 e. The number of likely N-dealkylation sites (N-methyl/N-ethyl adjacent to an activating group) is 1. The number of rotatable bonds is 4. The number of benzene rings is 3. The van der Waals surface area contributed by atoms with Gasteiger partial charge in [0, 0.05) is 40.9 Å². The van der Waals surface area contributed by atoms with Crippen LogP contribution in [0, 0.1) is 0 Å². The van der Waals surface area contributed by atoms with E-state index < -0.39 is 0 Å². The van der Waals surface area contributed by atoms with Crippen LogP contribution in [0.1, 0.15) is 29.8 Å². The van der Waals surface area contributed by atoms with Crippen molar-refractivity contribution in [1.29, 1.82) is 0 Å². The molecule has 172 valence electrons. The standard InChI is InChI=1S/C29H24N4OS/c1-29(2)20-11-5-9-15-24(20)33(3)26(29)17-25(34)19-16-27(30-21-12-6-4-10-18(19)21)35-28-31-22-13-7-8-14-23(22)32-28/h4-17H,1-3H3,(H,31,32)/b26-17-. The minimum Gasteiger partial charge on any atom is -0.347 e. The van der Waals surface area contributed by atoms with Crippen LogP contribution < -0.4 is 4.90 Å². The summed E-state index contributed by atoms with van der Waals surface area (Å²) in [6.07, 6.45) is 1.79. The quantitative estimate of drug-likeness (QED) is 0.229. The number of hydrogen-bond donors (Lipinski definition) is 1. The summed E-state index contributed by atoms with van der Waals surface area (Å²) in [6.45, 7) is 4.34. The van der Waals surface area contributed by atoms with Crippen LogP contribution >= 0.6 is 11.8 Å². The van der Waals surface area contributed by atoms with Crippen LogP contribution in [-0.2, 0) is 5.41 Å². The maximum absolute atomic E-state index is 13.8. The molecule has 0 amide bonds. The average Bonchev–Trinajstić information content (AvgIpc) is 3.35. The molecule has 0 saturated heterocycles. The van der Waals surface area contributed by atoms with E-state index >= 15 is 0 Å². The second-order valence-corrected chi connectivity index (χ2v) is 10.3. The van der Waals surface area contributed by atoms with Crippen LogP contribution in [-0.4, -0.2) is 27.8 Å². The van der Waals surface area contributed by atoms with Crippen LogP contribution in [0.4, 0.5) is 5.69 Å². The summed E-state index contributed by atoms with van der Waals surface area (Å²) in [6, 6.07) is 25.9. The fraction of sp³-hybridized carbons (Fsp3) is 0.138. The van der Waals surface area contributed by atoms with Gasteiger partial charge in [0.15, 0.2) is 10.9 Å². The third-order valence-corrected chi connectivity index (χ3v) is 7.54. The summed E-state index contributed by atoms with van der Waals surface area (Å²) in [7, 11) is 2.03. The third-order valence-electron chi connectivity index (χ3n) is 6.74. The van der Waals surface area contributed by atoms with E-state index in [0.717, 1.165) is 43.5 Å². The first-order valence-electron chi connectivity index (χ1n) is 11.5. The summed E-state index contributed by atoms with van der Waals surface area (Å²) in [5.41, 5.74) is 6.39. The topological polar surface area (TPSA) is 61.9 Å². The molecular formula is C29H24N4OS. The van der Waals surface area contributed by atoms with Crippen molar-refractivity contribution in [3.63, 3.8) is 0 Å². The van der Waals surface area contributed by atoms with Crippen molar-refractivity contribution in [2.24, 2.45) is 0 Å². The minimum atomic E-state index is -0.268. The SMILES string of the molecule is CN1/C(=C\C(=O)c2cc(Sc3nc4ccccc4[nH]3)nc3ccccc23)C(C)(C)c2ccccc21. The predicted molar refractivity (Wildman–Crippen MR) is 142 cm³/mol. The molecule has 0 unspecified atom stereocenters. The highest BCUT2D eigenvalue weighted by Crippen LogP contribution is 2.46. The number of aromatic nitrogens is 3. The molecule has 2 aromatic heterocycles. The maximum atomic E-state index is 13.8. The van der Waals surface area contributed by atoms with Gasteiger partial charge in [-0.15, -0.1) is 0 Å². The Morgan fingerprint density at radius 2 is 1.66 bits per heavy atom. The van der Waals surface area contributed by atoms with E-state index in [0.29, 0.717) is 5.56 Å². The number of hydrogen-bond acceptors (Lipinski definition) is 5. The lowest BCUT2D eigenvalue weighted by Crippen LogP contribution is -2.24. The van der Waals surface area contributed by atoms with Crippen molar-refractivity contribution >= 4 is 45.2 Å². The van der Waals surface area contributed by atoms with Gasteiger partial charge < -0.3 is 9.88 Å². The van der Waals surface area contributed by atoms with Crippen molar-refractivity contribution in [3.8, 4) is 0 Å². The van der Waals surface area contributed by atoms with E-state index in [-0.39, 0.29) is 11.2 Å². The lowest BCUT2D eigenvalue weighted by Gasteiger charge is -2.24. The number of aromatic amines is 1. The molecule has 5 nitrogen and oxygen atoms in total.